The summed E-state index contributed by atoms with van der Waals surface area (Å²) >= 11 is 0. The van der Waals surface area contributed by atoms with Gasteiger partial charge in [0.2, 0.25) is 0 Å². The van der Waals surface area contributed by atoms with Crippen molar-refractivity contribution in [2.75, 3.05) is 25.1 Å². The SMILES string of the molecule is CC(C)(C)OC(=O)Cn1c(-c2ccc(OC3COC3)cc2)ncc(NCCCc2ccccc2)c1=O. The number of anilines is 1. The molecule has 2 aromatic carbocycles. The van der Waals surface area contributed by atoms with Crippen LogP contribution < -0.4 is 15.6 Å². The van der Waals surface area contributed by atoms with E-state index in [0.29, 0.717) is 42.6 Å². The summed E-state index contributed by atoms with van der Waals surface area (Å²) in [5.41, 5.74) is 1.31. The second-order valence-electron chi connectivity index (χ2n) is 9.79. The summed E-state index contributed by atoms with van der Waals surface area (Å²) in [6, 6.07) is 17.5. The second kappa shape index (κ2) is 11.4. The lowest BCUT2D eigenvalue weighted by atomic mass is 10.1. The largest absolute Gasteiger partial charge is 0.486 e. The van der Waals surface area contributed by atoms with Crippen molar-refractivity contribution >= 4 is 11.7 Å². The maximum atomic E-state index is 13.4. The highest BCUT2D eigenvalue weighted by atomic mass is 16.6. The molecule has 0 bridgehead atoms. The van der Waals surface area contributed by atoms with Crippen LogP contribution in [0.3, 0.4) is 0 Å². The van der Waals surface area contributed by atoms with Crippen LogP contribution in [0.2, 0.25) is 0 Å². The van der Waals surface area contributed by atoms with Gasteiger partial charge in [-0.15, -0.1) is 0 Å². The van der Waals surface area contributed by atoms with Crippen molar-refractivity contribution in [3.63, 3.8) is 0 Å². The number of nitrogens with one attached hydrogen (secondary N) is 1. The number of hydrogen-bond acceptors (Lipinski definition) is 7. The first kappa shape index (κ1) is 25.4. The van der Waals surface area contributed by atoms with Crippen LogP contribution in [-0.2, 0) is 27.2 Å². The highest BCUT2D eigenvalue weighted by Gasteiger charge is 2.22. The van der Waals surface area contributed by atoms with Gasteiger partial charge in [0.25, 0.3) is 5.56 Å². The fraction of sp³-hybridized carbons (Fsp3) is 0.393. The molecule has 190 valence electrons. The molecule has 1 aromatic heterocycles. The first-order chi connectivity index (χ1) is 17.3. The third kappa shape index (κ3) is 6.95. The average molecular weight is 492 g/mol. The maximum absolute atomic E-state index is 13.4. The van der Waals surface area contributed by atoms with Gasteiger partial charge in [0.15, 0.2) is 0 Å². The molecule has 8 heteroatoms. The standard InChI is InChI=1S/C28H33N3O5/c1-28(2,3)36-25(32)17-31-26(21-11-13-22(14-12-21)35-23-18-34-19-23)30-16-24(27(31)33)29-15-7-10-20-8-5-4-6-9-20/h4-6,8-9,11-14,16,23,29H,7,10,15,17-19H2,1-3H3. The van der Waals surface area contributed by atoms with E-state index in [4.69, 9.17) is 14.2 Å². The molecule has 1 saturated heterocycles. The number of hydrogen-bond donors (Lipinski definition) is 1. The van der Waals surface area contributed by atoms with Crippen LogP contribution in [0, 0.1) is 0 Å². The first-order valence-corrected chi connectivity index (χ1v) is 12.2. The molecule has 1 fully saturated rings. The zero-order chi connectivity index (χ0) is 25.5. The van der Waals surface area contributed by atoms with Gasteiger partial charge in [0.05, 0.1) is 19.4 Å². The number of ether oxygens (including phenoxy) is 3. The fourth-order valence-electron chi connectivity index (χ4n) is 3.81. The van der Waals surface area contributed by atoms with E-state index in [1.165, 1.54) is 16.3 Å². The molecule has 0 amide bonds. The Bertz CT molecular complexity index is 1210. The van der Waals surface area contributed by atoms with Crippen LogP contribution >= 0.6 is 0 Å². The summed E-state index contributed by atoms with van der Waals surface area (Å²) < 4.78 is 17.8. The monoisotopic (exact) mass is 491 g/mol. The predicted molar refractivity (Wildman–Crippen MR) is 138 cm³/mol. The molecule has 0 unspecified atom stereocenters. The molecule has 1 aliphatic rings. The third-order valence-corrected chi connectivity index (χ3v) is 5.58. The number of benzene rings is 2. The van der Waals surface area contributed by atoms with Gasteiger partial charge in [-0.25, -0.2) is 4.98 Å². The van der Waals surface area contributed by atoms with E-state index < -0.39 is 11.6 Å². The van der Waals surface area contributed by atoms with Crippen molar-refractivity contribution in [2.45, 2.75) is 51.9 Å². The van der Waals surface area contributed by atoms with Crippen molar-refractivity contribution in [3.8, 4) is 17.1 Å². The van der Waals surface area contributed by atoms with Crippen molar-refractivity contribution < 1.29 is 19.0 Å². The average Bonchev–Trinajstić information content (AvgIpc) is 2.81. The number of esters is 1. The number of rotatable bonds is 10. The van der Waals surface area contributed by atoms with Gasteiger partial charge in [-0.05, 0) is 63.4 Å². The number of aromatic nitrogens is 2. The first-order valence-electron chi connectivity index (χ1n) is 12.2. The summed E-state index contributed by atoms with van der Waals surface area (Å²) in [5.74, 6) is 0.600. The minimum atomic E-state index is -0.661. The second-order valence-corrected chi connectivity index (χ2v) is 9.79. The third-order valence-electron chi connectivity index (χ3n) is 5.58. The smallest absolute Gasteiger partial charge is 0.326 e. The van der Waals surface area contributed by atoms with E-state index in [1.54, 1.807) is 20.8 Å². The van der Waals surface area contributed by atoms with Crippen molar-refractivity contribution in [3.05, 3.63) is 76.7 Å². The van der Waals surface area contributed by atoms with Crippen molar-refractivity contribution in [1.82, 2.24) is 9.55 Å². The molecule has 0 aliphatic carbocycles. The van der Waals surface area contributed by atoms with Crippen LogP contribution in [0.5, 0.6) is 5.75 Å². The van der Waals surface area contributed by atoms with Crippen molar-refractivity contribution in [1.29, 1.82) is 0 Å². The lowest BCUT2D eigenvalue weighted by molar-refractivity contribution is -0.155. The summed E-state index contributed by atoms with van der Waals surface area (Å²) in [6.07, 6.45) is 3.34. The minimum Gasteiger partial charge on any atom is -0.486 e. The van der Waals surface area contributed by atoms with E-state index >= 15 is 0 Å². The van der Waals surface area contributed by atoms with Gasteiger partial charge in [0.1, 0.15) is 35.5 Å². The zero-order valence-electron chi connectivity index (χ0n) is 21.0. The molecular formula is C28H33N3O5. The molecule has 3 aromatic rings. The van der Waals surface area contributed by atoms with Crippen LogP contribution in [0.1, 0.15) is 32.8 Å². The number of carbonyl (C=O) groups excluding carboxylic acids is 1. The highest BCUT2D eigenvalue weighted by Crippen LogP contribution is 2.23. The van der Waals surface area contributed by atoms with Gasteiger partial charge in [0, 0.05) is 12.1 Å². The van der Waals surface area contributed by atoms with E-state index in [1.807, 2.05) is 42.5 Å². The minimum absolute atomic E-state index is 0.0616. The molecule has 0 atom stereocenters. The molecular weight excluding hydrogens is 458 g/mol. The van der Waals surface area contributed by atoms with E-state index in [-0.39, 0.29) is 18.2 Å². The van der Waals surface area contributed by atoms with E-state index in [2.05, 4.69) is 22.4 Å². The van der Waals surface area contributed by atoms with Gasteiger partial charge in [-0.1, -0.05) is 30.3 Å². The van der Waals surface area contributed by atoms with E-state index in [0.717, 1.165) is 12.8 Å². The highest BCUT2D eigenvalue weighted by molar-refractivity contribution is 5.71. The molecule has 0 radical (unpaired) electrons. The summed E-state index contributed by atoms with van der Waals surface area (Å²) in [5, 5.41) is 3.19. The maximum Gasteiger partial charge on any atom is 0.326 e. The Labute approximate surface area is 211 Å². The zero-order valence-corrected chi connectivity index (χ0v) is 21.0. The Kier molecular flexibility index (Phi) is 8.05. The topological polar surface area (TPSA) is 91.7 Å². The Morgan fingerprint density at radius 1 is 1.11 bits per heavy atom. The van der Waals surface area contributed by atoms with Gasteiger partial charge < -0.3 is 19.5 Å². The Hall–Kier alpha value is -3.65. The Balaban J connectivity index is 1.52. The van der Waals surface area contributed by atoms with Gasteiger partial charge >= 0.3 is 5.97 Å². The molecule has 8 nitrogen and oxygen atoms in total. The van der Waals surface area contributed by atoms with E-state index in [9.17, 15) is 9.59 Å². The quantitative estimate of drug-likeness (QED) is 0.338. The summed E-state index contributed by atoms with van der Waals surface area (Å²) in [7, 11) is 0. The van der Waals surface area contributed by atoms with Crippen LogP contribution in [-0.4, -0.2) is 47.0 Å². The number of aryl methyl sites for hydroxylation is 1. The van der Waals surface area contributed by atoms with Gasteiger partial charge in [-0.2, -0.15) is 0 Å². The Morgan fingerprint density at radius 2 is 1.83 bits per heavy atom. The number of carbonyl (C=O) groups is 1. The fourth-order valence-corrected chi connectivity index (χ4v) is 3.81. The molecule has 4 rings (SSSR count). The van der Waals surface area contributed by atoms with Crippen molar-refractivity contribution in [2.24, 2.45) is 0 Å². The summed E-state index contributed by atoms with van der Waals surface area (Å²) in [4.78, 5) is 30.6. The van der Waals surface area contributed by atoms with Gasteiger partial charge in [-0.3, -0.25) is 14.2 Å². The molecule has 2 heterocycles. The predicted octanol–water partition coefficient (Wildman–Crippen LogP) is 4.07. The normalized spacial score (nSPS) is 13.6. The molecule has 1 aliphatic heterocycles. The summed E-state index contributed by atoms with van der Waals surface area (Å²) in [6.45, 7) is 6.91. The van der Waals surface area contributed by atoms with Crippen LogP contribution in [0.15, 0.2) is 65.6 Å². The Morgan fingerprint density at radius 3 is 2.47 bits per heavy atom. The molecule has 0 saturated carbocycles. The van der Waals surface area contributed by atoms with Crippen LogP contribution in [0.25, 0.3) is 11.4 Å². The lowest BCUT2D eigenvalue weighted by Gasteiger charge is -2.26. The lowest BCUT2D eigenvalue weighted by Crippen LogP contribution is -2.38. The number of nitrogens with zero attached hydrogens (tertiary/aromatic N) is 2. The van der Waals surface area contributed by atoms with Crippen LogP contribution in [0.4, 0.5) is 5.69 Å². The molecule has 36 heavy (non-hydrogen) atoms. The molecule has 0 spiro atoms. The molecule has 1 N–H and O–H groups in total.